The van der Waals surface area contributed by atoms with Gasteiger partial charge >= 0.3 is 5.97 Å². The molecule has 7 nitrogen and oxygen atoms in total. The second-order valence-corrected chi connectivity index (χ2v) is 3.55. The van der Waals surface area contributed by atoms with E-state index in [0.717, 1.165) is 0 Å². The maximum atomic E-state index is 11.1. The van der Waals surface area contributed by atoms with Crippen LogP contribution in [0.5, 0.6) is 0 Å². The number of rotatable bonds is 5. The van der Waals surface area contributed by atoms with Gasteiger partial charge in [0, 0.05) is 25.1 Å². The fourth-order valence-electron chi connectivity index (χ4n) is 1.58. The van der Waals surface area contributed by atoms with Crippen molar-refractivity contribution in [3.8, 4) is 11.3 Å². The lowest BCUT2D eigenvalue weighted by atomic mass is 10.1. The van der Waals surface area contributed by atoms with Gasteiger partial charge in [-0.25, -0.2) is 9.48 Å². The number of nitrogens with zero attached hydrogens (tertiary/aromatic N) is 4. The highest BCUT2D eigenvalue weighted by molar-refractivity contribution is 5.92. The highest BCUT2D eigenvalue weighted by Gasteiger charge is 2.20. The number of hydrogen-bond acceptors (Lipinski definition) is 5. The van der Waals surface area contributed by atoms with Crippen LogP contribution in [0.4, 0.5) is 0 Å². The molecule has 0 radical (unpaired) electrons. The molecule has 0 bridgehead atoms. The Morgan fingerprint density at radius 1 is 1.56 bits per heavy atom. The predicted octanol–water partition coefficient (Wildman–Crippen LogP) is 0.685. The molecule has 0 aliphatic rings. The third kappa shape index (κ3) is 2.35. The van der Waals surface area contributed by atoms with E-state index in [1.165, 1.54) is 4.68 Å². The monoisotopic (exact) mass is 248 g/mol. The summed E-state index contributed by atoms with van der Waals surface area (Å²) in [6.45, 7) is 0.858. The van der Waals surface area contributed by atoms with E-state index in [-0.39, 0.29) is 5.69 Å². The van der Waals surface area contributed by atoms with Crippen LogP contribution in [0.3, 0.4) is 0 Å². The molecule has 0 fully saturated rings. The highest BCUT2D eigenvalue weighted by Crippen LogP contribution is 2.21. The molecule has 7 heteroatoms. The number of carboxylic acids is 1. The second kappa shape index (κ2) is 5.37. The Kier molecular flexibility index (Phi) is 3.63. The topological polar surface area (TPSA) is 90.1 Å². The zero-order valence-electron chi connectivity index (χ0n) is 9.78. The number of hydrogen-bond donors (Lipinski definition) is 1. The molecule has 2 heterocycles. The summed E-state index contributed by atoms with van der Waals surface area (Å²) in [5.41, 5.74) is 1.02. The SMILES string of the molecule is COCCn1nnc(C(=O)O)c1-c1cccnc1. The lowest BCUT2D eigenvalue weighted by molar-refractivity contribution is 0.0691. The first-order chi connectivity index (χ1) is 8.74. The fourth-order valence-corrected chi connectivity index (χ4v) is 1.58. The lowest BCUT2D eigenvalue weighted by Crippen LogP contribution is -2.09. The molecular weight excluding hydrogens is 236 g/mol. The molecule has 1 N–H and O–H groups in total. The van der Waals surface area contributed by atoms with Crippen molar-refractivity contribution in [3.05, 3.63) is 30.2 Å². The van der Waals surface area contributed by atoms with Crippen LogP contribution < -0.4 is 0 Å². The van der Waals surface area contributed by atoms with E-state index in [1.54, 1.807) is 31.6 Å². The molecule has 0 saturated carbocycles. The van der Waals surface area contributed by atoms with Gasteiger partial charge in [-0.3, -0.25) is 4.98 Å². The Morgan fingerprint density at radius 3 is 3.00 bits per heavy atom. The summed E-state index contributed by atoms with van der Waals surface area (Å²) in [5.74, 6) is -1.11. The summed E-state index contributed by atoms with van der Waals surface area (Å²) < 4.78 is 6.46. The summed E-state index contributed by atoms with van der Waals surface area (Å²) in [6, 6.07) is 3.50. The number of ether oxygens (including phenoxy) is 1. The average molecular weight is 248 g/mol. The molecular formula is C11H12N4O3. The van der Waals surface area contributed by atoms with Crippen molar-refractivity contribution in [1.29, 1.82) is 0 Å². The largest absolute Gasteiger partial charge is 0.476 e. The van der Waals surface area contributed by atoms with Gasteiger partial charge in [0.05, 0.1) is 13.2 Å². The van der Waals surface area contributed by atoms with Crippen LogP contribution in [0, 0.1) is 0 Å². The van der Waals surface area contributed by atoms with Crippen LogP contribution in [-0.2, 0) is 11.3 Å². The third-order valence-corrected chi connectivity index (χ3v) is 2.38. The molecule has 0 aromatic carbocycles. The van der Waals surface area contributed by atoms with Crippen molar-refractivity contribution in [2.24, 2.45) is 0 Å². The van der Waals surface area contributed by atoms with Gasteiger partial charge in [0.1, 0.15) is 5.69 Å². The van der Waals surface area contributed by atoms with Crippen LogP contribution in [0.2, 0.25) is 0 Å². The molecule has 18 heavy (non-hydrogen) atoms. The normalized spacial score (nSPS) is 10.5. The van der Waals surface area contributed by atoms with Crippen molar-refractivity contribution in [1.82, 2.24) is 20.0 Å². The molecule has 2 rings (SSSR count). The van der Waals surface area contributed by atoms with Crippen molar-refractivity contribution in [3.63, 3.8) is 0 Å². The average Bonchev–Trinajstić information content (AvgIpc) is 2.81. The van der Waals surface area contributed by atoms with Crippen LogP contribution >= 0.6 is 0 Å². The predicted molar refractivity (Wildman–Crippen MR) is 62.1 cm³/mol. The minimum Gasteiger partial charge on any atom is -0.476 e. The Bertz CT molecular complexity index is 538. The van der Waals surface area contributed by atoms with Gasteiger partial charge in [-0.15, -0.1) is 5.10 Å². The maximum absolute atomic E-state index is 11.1. The minimum atomic E-state index is -1.11. The van der Waals surface area contributed by atoms with E-state index in [1.807, 2.05) is 0 Å². The zero-order valence-corrected chi connectivity index (χ0v) is 9.78. The van der Waals surface area contributed by atoms with Gasteiger partial charge in [0.2, 0.25) is 0 Å². The van der Waals surface area contributed by atoms with E-state index in [2.05, 4.69) is 15.3 Å². The first-order valence-corrected chi connectivity index (χ1v) is 5.30. The molecule has 94 valence electrons. The smallest absolute Gasteiger partial charge is 0.358 e. The molecule has 2 aromatic rings. The quantitative estimate of drug-likeness (QED) is 0.837. The van der Waals surface area contributed by atoms with Gasteiger partial charge in [0.25, 0.3) is 0 Å². The van der Waals surface area contributed by atoms with Gasteiger partial charge in [-0.2, -0.15) is 0 Å². The Hall–Kier alpha value is -2.28. The van der Waals surface area contributed by atoms with Gasteiger partial charge in [-0.1, -0.05) is 5.21 Å². The number of methoxy groups -OCH3 is 1. The van der Waals surface area contributed by atoms with Crippen molar-refractivity contribution in [2.45, 2.75) is 6.54 Å². The Balaban J connectivity index is 2.47. The van der Waals surface area contributed by atoms with Crippen LogP contribution in [0.1, 0.15) is 10.5 Å². The Morgan fingerprint density at radius 2 is 2.39 bits per heavy atom. The zero-order chi connectivity index (χ0) is 13.0. The first kappa shape index (κ1) is 12.2. The van der Waals surface area contributed by atoms with E-state index < -0.39 is 5.97 Å². The molecule has 0 atom stereocenters. The molecule has 0 amide bonds. The molecule has 0 saturated heterocycles. The van der Waals surface area contributed by atoms with E-state index in [9.17, 15) is 4.79 Å². The highest BCUT2D eigenvalue weighted by atomic mass is 16.5. The lowest BCUT2D eigenvalue weighted by Gasteiger charge is -2.05. The first-order valence-electron chi connectivity index (χ1n) is 5.30. The molecule has 0 unspecified atom stereocenters. The minimum absolute atomic E-state index is 0.0842. The van der Waals surface area contributed by atoms with E-state index in [4.69, 9.17) is 9.84 Å². The standard InChI is InChI=1S/C11H12N4O3/c1-18-6-5-15-10(8-3-2-4-12-7-8)9(11(16)17)13-14-15/h2-4,7H,5-6H2,1H3,(H,16,17). The summed E-state index contributed by atoms with van der Waals surface area (Å²) in [5, 5.41) is 16.6. The number of aromatic nitrogens is 4. The molecule has 0 spiro atoms. The number of aromatic carboxylic acids is 1. The van der Waals surface area contributed by atoms with Crippen molar-refractivity contribution in [2.75, 3.05) is 13.7 Å². The number of pyridine rings is 1. The second-order valence-electron chi connectivity index (χ2n) is 3.55. The van der Waals surface area contributed by atoms with Gasteiger partial charge in [0.15, 0.2) is 5.69 Å². The third-order valence-electron chi connectivity index (χ3n) is 2.38. The summed E-state index contributed by atoms with van der Waals surface area (Å²) in [6.07, 6.45) is 3.20. The maximum Gasteiger partial charge on any atom is 0.358 e. The van der Waals surface area contributed by atoms with Gasteiger partial charge in [-0.05, 0) is 12.1 Å². The number of carboxylic acid groups (broad SMARTS) is 1. The summed E-state index contributed by atoms with van der Waals surface area (Å²) >= 11 is 0. The molecule has 2 aromatic heterocycles. The number of carbonyl (C=O) groups is 1. The Labute approximate surface area is 103 Å². The van der Waals surface area contributed by atoms with Crippen molar-refractivity contribution >= 4 is 5.97 Å². The van der Waals surface area contributed by atoms with E-state index >= 15 is 0 Å². The van der Waals surface area contributed by atoms with Crippen molar-refractivity contribution < 1.29 is 14.6 Å². The fraction of sp³-hybridized carbons (Fsp3) is 0.273. The molecule has 0 aliphatic carbocycles. The van der Waals surface area contributed by atoms with E-state index in [0.29, 0.717) is 24.4 Å². The van der Waals surface area contributed by atoms with Crippen LogP contribution in [0.15, 0.2) is 24.5 Å². The summed E-state index contributed by atoms with van der Waals surface area (Å²) in [7, 11) is 1.57. The van der Waals surface area contributed by atoms with Gasteiger partial charge < -0.3 is 9.84 Å². The van der Waals surface area contributed by atoms with Crippen LogP contribution in [0.25, 0.3) is 11.3 Å². The van der Waals surface area contributed by atoms with Crippen LogP contribution in [-0.4, -0.2) is 44.8 Å². The molecule has 0 aliphatic heterocycles. The summed E-state index contributed by atoms with van der Waals surface area (Å²) in [4.78, 5) is 15.1.